The second kappa shape index (κ2) is 7.24. The quantitative estimate of drug-likeness (QED) is 0.865. The summed E-state index contributed by atoms with van der Waals surface area (Å²) in [6, 6.07) is 13.1. The van der Waals surface area contributed by atoms with Gasteiger partial charge < -0.3 is 5.32 Å². The van der Waals surface area contributed by atoms with Crippen molar-refractivity contribution in [2.24, 2.45) is 9.98 Å². The predicted molar refractivity (Wildman–Crippen MR) is 113 cm³/mol. The average Bonchev–Trinajstić information content (AvgIpc) is 2.98. The second-order valence-corrected chi connectivity index (χ2v) is 7.83. The summed E-state index contributed by atoms with van der Waals surface area (Å²) in [5, 5.41) is 3.58. The Morgan fingerprint density at radius 1 is 1.18 bits per heavy atom. The number of carbonyl (C=O) groups is 2. The lowest BCUT2D eigenvalue weighted by Gasteiger charge is -2.29. The first-order valence-electron chi connectivity index (χ1n) is 9.04. The molecule has 0 aliphatic carbocycles. The number of aliphatic imine (C=N–C) groups is 2. The Morgan fingerprint density at radius 3 is 2.79 bits per heavy atom. The summed E-state index contributed by atoms with van der Waals surface area (Å²) in [6.07, 6.45) is 0. The number of amides is 2. The van der Waals surface area contributed by atoms with Gasteiger partial charge in [0.05, 0.1) is 11.4 Å². The van der Waals surface area contributed by atoms with E-state index in [4.69, 9.17) is 0 Å². The largest absolute Gasteiger partial charge is 0.325 e. The number of nitrogens with zero attached hydrogens (tertiary/aromatic N) is 3. The van der Waals surface area contributed by atoms with Crippen LogP contribution >= 0.6 is 11.8 Å². The first-order chi connectivity index (χ1) is 13.4. The first kappa shape index (κ1) is 18.4. The van der Waals surface area contributed by atoms with Crippen molar-refractivity contribution in [3.05, 3.63) is 59.2 Å². The SMILES string of the molecule is Cc1ccc(C)c(NC(=O)CSC2=Nc3ccccc3C3=NC(=O)C(C)N23)c1. The number of anilines is 1. The molecule has 4 rings (SSSR count). The van der Waals surface area contributed by atoms with Crippen molar-refractivity contribution in [2.75, 3.05) is 11.1 Å². The lowest BCUT2D eigenvalue weighted by atomic mass is 10.1. The fourth-order valence-electron chi connectivity index (χ4n) is 3.20. The van der Waals surface area contributed by atoms with Crippen molar-refractivity contribution in [1.82, 2.24) is 4.90 Å². The lowest BCUT2D eigenvalue weighted by molar-refractivity contribution is -0.119. The number of benzene rings is 2. The molecule has 0 saturated heterocycles. The van der Waals surface area contributed by atoms with Crippen molar-refractivity contribution in [3.63, 3.8) is 0 Å². The fraction of sp³-hybridized carbons (Fsp3) is 0.238. The maximum Gasteiger partial charge on any atom is 0.270 e. The molecule has 142 valence electrons. The third kappa shape index (κ3) is 3.33. The van der Waals surface area contributed by atoms with Gasteiger partial charge in [0, 0.05) is 11.3 Å². The molecule has 1 N–H and O–H groups in total. The predicted octanol–water partition coefficient (Wildman–Crippen LogP) is 3.65. The topological polar surface area (TPSA) is 74.1 Å². The molecule has 2 aromatic carbocycles. The zero-order valence-electron chi connectivity index (χ0n) is 15.9. The average molecular weight is 392 g/mol. The summed E-state index contributed by atoms with van der Waals surface area (Å²) in [5.41, 5.74) is 4.52. The van der Waals surface area contributed by atoms with Crippen LogP contribution in [-0.4, -0.2) is 39.5 Å². The zero-order chi connectivity index (χ0) is 19.8. The number of para-hydroxylation sites is 1. The third-order valence-electron chi connectivity index (χ3n) is 4.76. The maximum absolute atomic E-state index is 12.5. The molecular weight excluding hydrogens is 372 g/mol. The molecule has 7 heteroatoms. The molecule has 0 spiro atoms. The minimum atomic E-state index is -0.420. The summed E-state index contributed by atoms with van der Waals surface area (Å²) in [4.78, 5) is 35.4. The molecular formula is C21H20N4O2S. The van der Waals surface area contributed by atoms with E-state index in [2.05, 4.69) is 15.3 Å². The van der Waals surface area contributed by atoms with Gasteiger partial charge in [0.15, 0.2) is 5.17 Å². The van der Waals surface area contributed by atoms with Gasteiger partial charge in [0.2, 0.25) is 5.91 Å². The number of thioether (sulfide) groups is 1. The Kier molecular flexibility index (Phi) is 4.77. The Balaban J connectivity index is 1.53. The number of nitrogens with one attached hydrogen (secondary N) is 1. The van der Waals surface area contributed by atoms with Gasteiger partial charge in [-0.3, -0.25) is 14.5 Å². The highest BCUT2D eigenvalue weighted by Gasteiger charge is 2.39. The number of carbonyl (C=O) groups excluding carboxylic acids is 2. The van der Waals surface area contributed by atoms with Gasteiger partial charge in [-0.15, -0.1) is 0 Å². The number of hydrogen-bond acceptors (Lipinski definition) is 5. The minimum Gasteiger partial charge on any atom is -0.325 e. The van der Waals surface area contributed by atoms with E-state index in [1.807, 2.05) is 61.2 Å². The van der Waals surface area contributed by atoms with Gasteiger partial charge in [-0.1, -0.05) is 36.0 Å². The van der Waals surface area contributed by atoms with E-state index in [1.165, 1.54) is 11.8 Å². The molecule has 28 heavy (non-hydrogen) atoms. The van der Waals surface area contributed by atoms with E-state index in [1.54, 1.807) is 6.92 Å². The number of rotatable bonds is 3. The van der Waals surface area contributed by atoms with Gasteiger partial charge in [0.25, 0.3) is 5.91 Å². The Bertz CT molecular complexity index is 1040. The number of fused-ring (bicyclic) bond motifs is 3. The normalized spacial score (nSPS) is 17.6. The van der Waals surface area contributed by atoms with Gasteiger partial charge in [-0.25, -0.2) is 4.99 Å². The van der Waals surface area contributed by atoms with Gasteiger partial charge in [-0.05, 0) is 50.1 Å². The summed E-state index contributed by atoms with van der Waals surface area (Å²) in [6.45, 7) is 5.76. The molecule has 0 saturated carbocycles. The highest BCUT2D eigenvalue weighted by molar-refractivity contribution is 8.14. The van der Waals surface area contributed by atoms with Crippen molar-refractivity contribution in [1.29, 1.82) is 0 Å². The standard InChI is InChI=1S/C21H20N4O2S/c1-12-8-9-13(2)17(10-12)22-18(26)11-28-21-23-16-7-5-4-6-15(16)19-24-20(27)14(3)25(19)21/h4-10,14H,11H2,1-3H3,(H,22,26). The molecule has 0 bridgehead atoms. The van der Waals surface area contributed by atoms with Gasteiger partial charge in [0.1, 0.15) is 11.9 Å². The molecule has 2 aliphatic heterocycles. The van der Waals surface area contributed by atoms with Crippen LogP contribution in [0.2, 0.25) is 0 Å². The Labute approximate surface area is 167 Å². The highest BCUT2D eigenvalue weighted by atomic mass is 32.2. The summed E-state index contributed by atoms with van der Waals surface area (Å²) < 4.78 is 0. The molecule has 2 heterocycles. The van der Waals surface area contributed by atoms with Crippen LogP contribution in [0.3, 0.4) is 0 Å². The van der Waals surface area contributed by atoms with E-state index in [9.17, 15) is 9.59 Å². The van der Waals surface area contributed by atoms with Crippen molar-refractivity contribution < 1.29 is 9.59 Å². The highest BCUT2D eigenvalue weighted by Crippen LogP contribution is 2.33. The monoisotopic (exact) mass is 392 g/mol. The van der Waals surface area contributed by atoms with Crippen molar-refractivity contribution in [2.45, 2.75) is 26.8 Å². The minimum absolute atomic E-state index is 0.114. The number of aryl methyl sites for hydroxylation is 2. The number of hydrogen-bond donors (Lipinski definition) is 1. The van der Waals surface area contributed by atoms with E-state index >= 15 is 0 Å². The second-order valence-electron chi connectivity index (χ2n) is 6.89. The molecule has 0 radical (unpaired) electrons. The molecule has 6 nitrogen and oxygen atoms in total. The lowest BCUT2D eigenvalue weighted by Crippen LogP contribution is -2.42. The van der Waals surface area contributed by atoms with Crippen LogP contribution < -0.4 is 5.32 Å². The summed E-state index contributed by atoms with van der Waals surface area (Å²) >= 11 is 1.31. The molecule has 0 aromatic heterocycles. The molecule has 1 unspecified atom stereocenters. The Hall–Kier alpha value is -2.93. The molecule has 1 atom stereocenters. The fourth-order valence-corrected chi connectivity index (χ4v) is 4.08. The summed E-state index contributed by atoms with van der Waals surface area (Å²) in [7, 11) is 0. The van der Waals surface area contributed by atoms with Crippen LogP contribution in [0.25, 0.3) is 0 Å². The van der Waals surface area contributed by atoms with Crippen molar-refractivity contribution >= 4 is 46.0 Å². The van der Waals surface area contributed by atoms with Gasteiger partial charge >= 0.3 is 0 Å². The van der Waals surface area contributed by atoms with Gasteiger partial charge in [-0.2, -0.15) is 4.99 Å². The van der Waals surface area contributed by atoms with E-state index < -0.39 is 6.04 Å². The maximum atomic E-state index is 12.5. The molecule has 2 amide bonds. The molecule has 2 aliphatic rings. The van der Waals surface area contributed by atoms with Crippen LogP contribution in [0, 0.1) is 13.8 Å². The summed E-state index contributed by atoms with van der Waals surface area (Å²) in [5.74, 6) is 0.497. The van der Waals surface area contributed by atoms with Crippen molar-refractivity contribution in [3.8, 4) is 0 Å². The van der Waals surface area contributed by atoms with E-state index in [0.717, 1.165) is 28.1 Å². The van der Waals surface area contributed by atoms with Crippen LogP contribution in [0.1, 0.15) is 23.6 Å². The third-order valence-corrected chi connectivity index (χ3v) is 5.71. The van der Waals surface area contributed by atoms with Crippen LogP contribution in [0.4, 0.5) is 11.4 Å². The van der Waals surface area contributed by atoms with E-state index in [0.29, 0.717) is 11.0 Å². The van der Waals surface area contributed by atoms with Crippen LogP contribution in [0.15, 0.2) is 52.4 Å². The van der Waals surface area contributed by atoms with Crippen LogP contribution in [-0.2, 0) is 9.59 Å². The smallest absolute Gasteiger partial charge is 0.270 e. The van der Waals surface area contributed by atoms with E-state index in [-0.39, 0.29) is 17.6 Å². The first-order valence-corrected chi connectivity index (χ1v) is 10.0. The van der Waals surface area contributed by atoms with Crippen LogP contribution in [0.5, 0.6) is 0 Å². The zero-order valence-corrected chi connectivity index (χ0v) is 16.7. The number of amidine groups is 2. The molecule has 0 fully saturated rings. The molecule has 2 aromatic rings. The Morgan fingerprint density at radius 2 is 1.96 bits per heavy atom.